The Morgan fingerprint density at radius 2 is 1.54 bits per heavy atom. The molecular weight excluding hydrogens is 164 g/mol. The zero-order chi connectivity index (χ0) is 10.5. The molecule has 0 heterocycles. The van der Waals surface area contributed by atoms with Crippen LogP contribution < -0.4 is 0 Å². The van der Waals surface area contributed by atoms with Gasteiger partial charge in [0.25, 0.3) is 0 Å². The van der Waals surface area contributed by atoms with Gasteiger partial charge in [-0.1, -0.05) is 0 Å². The molecule has 0 saturated heterocycles. The van der Waals surface area contributed by atoms with E-state index in [0.29, 0.717) is 0 Å². The molecule has 0 aliphatic heterocycles. The average Bonchev–Trinajstić information content (AvgIpc) is 1.95. The summed E-state index contributed by atoms with van der Waals surface area (Å²) in [5.41, 5.74) is 0.152. The highest BCUT2D eigenvalue weighted by Gasteiger charge is 2.19. The van der Waals surface area contributed by atoms with Crippen molar-refractivity contribution in [2.75, 3.05) is 40.3 Å². The normalized spacial score (nSPS) is 12.9. The summed E-state index contributed by atoms with van der Waals surface area (Å²) in [6.07, 6.45) is 0. The molecule has 3 nitrogen and oxygen atoms in total. The Morgan fingerprint density at radius 3 is 1.85 bits per heavy atom. The molecule has 0 rings (SSSR count). The van der Waals surface area contributed by atoms with Gasteiger partial charge in [0.15, 0.2) is 0 Å². The van der Waals surface area contributed by atoms with Crippen LogP contribution in [0.1, 0.15) is 20.8 Å². The van der Waals surface area contributed by atoms with Crippen molar-refractivity contribution >= 4 is 0 Å². The van der Waals surface area contributed by atoms with Crippen LogP contribution >= 0.6 is 0 Å². The van der Waals surface area contributed by atoms with Crippen molar-refractivity contribution in [3.63, 3.8) is 0 Å². The first-order valence-electron chi connectivity index (χ1n) is 4.88. The van der Waals surface area contributed by atoms with Crippen LogP contribution in [0.4, 0.5) is 0 Å². The summed E-state index contributed by atoms with van der Waals surface area (Å²) in [6, 6.07) is 0. The maximum absolute atomic E-state index is 8.91. The lowest BCUT2D eigenvalue weighted by Crippen LogP contribution is -2.46. The lowest BCUT2D eigenvalue weighted by atomic mass is 10.1. The molecule has 0 saturated carbocycles. The highest BCUT2D eigenvalue weighted by atomic mass is 16.3. The second kappa shape index (κ2) is 5.58. The summed E-state index contributed by atoms with van der Waals surface area (Å²) in [5, 5.41) is 8.91. The van der Waals surface area contributed by atoms with Gasteiger partial charge in [0, 0.05) is 25.2 Å². The van der Waals surface area contributed by atoms with Crippen LogP contribution in [0.25, 0.3) is 0 Å². The van der Waals surface area contributed by atoms with Gasteiger partial charge in [0.05, 0.1) is 6.61 Å². The molecule has 0 aliphatic carbocycles. The van der Waals surface area contributed by atoms with Gasteiger partial charge in [-0.2, -0.15) is 0 Å². The zero-order valence-corrected chi connectivity index (χ0v) is 9.67. The van der Waals surface area contributed by atoms with Gasteiger partial charge in [-0.15, -0.1) is 0 Å². The molecule has 0 unspecified atom stereocenters. The van der Waals surface area contributed by atoms with Gasteiger partial charge in [-0.05, 0) is 34.9 Å². The fourth-order valence-electron chi connectivity index (χ4n) is 1.22. The summed E-state index contributed by atoms with van der Waals surface area (Å²) >= 11 is 0. The molecule has 80 valence electrons. The minimum absolute atomic E-state index is 0.152. The van der Waals surface area contributed by atoms with E-state index < -0.39 is 0 Å². The number of β-amino-alcohol motifs (C(OH)–C–C–N with tert-alkyl or cyclic N) is 1. The summed E-state index contributed by atoms with van der Waals surface area (Å²) < 4.78 is 0. The SMILES string of the molecule is CN(C)CCN(CCO)C(C)(C)C. The van der Waals surface area contributed by atoms with Crippen LogP contribution in [0.15, 0.2) is 0 Å². The van der Waals surface area contributed by atoms with E-state index in [2.05, 4.69) is 44.7 Å². The Balaban J connectivity index is 3.95. The Bertz CT molecular complexity index is 129. The highest BCUT2D eigenvalue weighted by molar-refractivity contribution is 4.76. The van der Waals surface area contributed by atoms with Crippen molar-refractivity contribution in [2.24, 2.45) is 0 Å². The van der Waals surface area contributed by atoms with E-state index in [9.17, 15) is 0 Å². The lowest BCUT2D eigenvalue weighted by Gasteiger charge is -2.35. The third kappa shape index (κ3) is 6.02. The summed E-state index contributed by atoms with van der Waals surface area (Å²) in [7, 11) is 4.14. The number of rotatable bonds is 5. The third-order valence-corrected chi connectivity index (χ3v) is 2.14. The van der Waals surface area contributed by atoms with Gasteiger partial charge < -0.3 is 10.0 Å². The van der Waals surface area contributed by atoms with Crippen molar-refractivity contribution in [3.8, 4) is 0 Å². The van der Waals surface area contributed by atoms with E-state index in [-0.39, 0.29) is 12.1 Å². The smallest absolute Gasteiger partial charge is 0.0558 e. The number of hydrogen-bond donors (Lipinski definition) is 1. The molecule has 0 radical (unpaired) electrons. The van der Waals surface area contributed by atoms with E-state index in [0.717, 1.165) is 19.6 Å². The molecule has 0 atom stereocenters. The van der Waals surface area contributed by atoms with Crippen LogP contribution in [-0.2, 0) is 0 Å². The van der Waals surface area contributed by atoms with Gasteiger partial charge in [-0.3, -0.25) is 4.90 Å². The monoisotopic (exact) mass is 188 g/mol. The third-order valence-electron chi connectivity index (χ3n) is 2.14. The maximum Gasteiger partial charge on any atom is 0.0558 e. The molecule has 0 aliphatic rings. The first-order chi connectivity index (χ1) is 5.88. The van der Waals surface area contributed by atoms with Gasteiger partial charge in [0.1, 0.15) is 0 Å². The van der Waals surface area contributed by atoms with E-state index in [4.69, 9.17) is 5.11 Å². The average molecular weight is 188 g/mol. The van der Waals surface area contributed by atoms with E-state index in [1.807, 2.05) is 0 Å². The number of nitrogens with zero attached hydrogens (tertiary/aromatic N) is 2. The topological polar surface area (TPSA) is 26.7 Å². The summed E-state index contributed by atoms with van der Waals surface area (Å²) in [4.78, 5) is 4.46. The molecule has 1 N–H and O–H groups in total. The van der Waals surface area contributed by atoms with Crippen molar-refractivity contribution in [1.82, 2.24) is 9.80 Å². The van der Waals surface area contributed by atoms with Crippen molar-refractivity contribution < 1.29 is 5.11 Å². The maximum atomic E-state index is 8.91. The summed E-state index contributed by atoms with van der Waals surface area (Å²) in [6.45, 7) is 9.59. The fourth-order valence-corrected chi connectivity index (χ4v) is 1.22. The van der Waals surface area contributed by atoms with Crippen LogP contribution in [0, 0.1) is 0 Å². The molecule has 0 spiro atoms. The number of hydrogen-bond acceptors (Lipinski definition) is 3. The molecule has 0 aromatic heterocycles. The number of likely N-dealkylation sites (N-methyl/N-ethyl adjacent to an activating group) is 1. The van der Waals surface area contributed by atoms with Gasteiger partial charge >= 0.3 is 0 Å². The Kier molecular flexibility index (Phi) is 5.53. The van der Waals surface area contributed by atoms with Crippen molar-refractivity contribution in [3.05, 3.63) is 0 Å². The predicted molar refractivity (Wildman–Crippen MR) is 57.0 cm³/mol. The quantitative estimate of drug-likeness (QED) is 0.686. The van der Waals surface area contributed by atoms with Crippen LogP contribution in [-0.4, -0.2) is 60.8 Å². The molecule has 0 aromatic carbocycles. The minimum atomic E-state index is 0.152. The molecule has 0 fully saturated rings. The van der Waals surface area contributed by atoms with Crippen LogP contribution in [0.3, 0.4) is 0 Å². The van der Waals surface area contributed by atoms with E-state index in [1.165, 1.54) is 0 Å². The standard InChI is InChI=1S/C10H24N2O/c1-10(2,3)12(8-9-13)7-6-11(4)5/h13H,6-9H2,1-5H3. The zero-order valence-electron chi connectivity index (χ0n) is 9.67. The molecular formula is C10H24N2O. The van der Waals surface area contributed by atoms with Gasteiger partial charge in [-0.25, -0.2) is 0 Å². The number of aliphatic hydroxyl groups is 1. The second-order valence-electron chi connectivity index (χ2n) is 4.68. The van der Waals surface area contributed by atoms with E-state index >= 15 is 0 Å². The second-order valence-corrected chi connectivity index (χ2v) is 4.68. The molecule has 0 bridgehead atoms. The first-order valence-corrected chi connectivity index (χ1v) is 4.88. The largest absolute Gasteiger partial charge is 0.395 e. The fraction of sp³-hybridized carbons (Fsp3) is 1.00. The molecule has 0 aromatic rings. The molecule has 0 amide bonds. The van der Waals surface area contributed by atoms with E-state index in [1.54, 1.807) is 0 Å². The molecule has 3 heteroatoms. The highest BCUT2D eigenvalue weighted by Crippen LogP contribution is 2.11. The lowest BCUT2D eigenvalue weighted by molar-refractivity contribution is 0.0979. The van der Waals surface area contributed by atoms with Crippen molar-refractivity contribution in [2.45, 2.75) is 26.3 Å². The van der Waals surface area contributed by atoms with Crippen molar-refractivity contribution in [1.29, 1.82) is 0 Å². The Labute approximate surface area is 82.3 Å². The Hall–Kier alpha value is -0.120. The minimum Gasteiger partial charge on any atom is -0.395 e. The van der Waals surface area contributed by atoms with Crippen LogP contribution in [0.2, 0.25) is 0 Å². The Morgan fingerprint density at radius 1 is 1.00 bits per heavy atom. The number of aliphatic hydroxyl groups excluding tert-OH is 1. The van der Waals surface area contributed by atoms with Gasteiger partial charge in [0.2, 0.25) is 0 Å². The molecule has 13 heavy (non-hydrogen) atoms. The van der Waals surface area contributed by atoms with Crippen LogP contribution in [0.5, 0.6) is 0 Å². The summed E-state index contributed by atoms with van der Waals surface area (Å²) in [5.74, 6) is 0. The first kappa shape index (κ1) is 12.9. The predicted octanol–water partition coefficient (Wildman–Crippen LogP) is 0.641.